The Bertz CT molecular complexity index is 578. The minimum atomic E-state index is 0.119. The van der Waals surface area contributed by atoms with Crippen LogP contribution in [0.4, 0.5) is 0 Å². The van der Waals surface area contributed by atoms with Crippen molar-refractivity contribution in [3.05, 3.63) is 17.2 Å². The van der Waals surface area contributed by atoms with Crippen LogP contribution in [0.3, 0.4) is 0 Å². The Kier molecular flexibility index (Phi) is 5.78. The Labute approximate surface area is 157 Å². The molecule has 0 atom stereocenters. The van der Waals surface area contributed by atoms with Gasteiger partial charge in [0.15, 0.2) is 0 Å². The molecule has 2 heterocycles. The standard InChI is InChI=1S/C19H33ClN4O/c1-18(2)13-19(25-14-18)7-5-15(6-8-19)24-11-16(20)22-17(24)12-23(4)10-9-21-3/h11,15,21H,5-10,12-14H2,1-4H3/t15-,19+. The molecule has 1 saturated carbocycles. The first-order chi connectivity index (χ1) is 11.8. The van der Waals surface area contributed by atoms with Gasteiger partial charge in [-0.2, -0.15) is 0 Å². The first-order valence-electron chi connectivity index (χ1n) is 9.53. The maximum Gasteiger partial charge on any atom is 0.147 e. The molecule has 1 aromatic rings. The molecule has 2 aliphatic rings. The third-order valence-corrected chi connectivity index (χ3v) is 5.95. The number of hydrogen-bond donors (Lipinski definition) is 1. The zero-order chi connectivity index (χ0) is 18.1. The molecule has 1 aliphatic carbocycles. The Balaban J connectivity index is 1.63. The largest absolute Gasteiger partial charge is 0.374 e. The molecular weight excluding hydrogens is 336 g/mol. The van der Waals surface area contributed by atoms with Crippen molar-refractivity contribution < 1.29 is 4.74 Å². The molecule has 0 unspecified atom stereocenters. The fraction of sp³-hybridized carbons (Fsp3) is 0.842. The van der Waals surface area contributed by atoms with Crippen molar-refractivity contribution in [1.29, 1.82) is 0 Å². The summed E-state index contributed by atoms with van der Waals surface area (Å²) in [6.07, 6.45) is 7.80. The van der Waals surface area contributed by atoms with Gasteiger partial charge in [-0.15, -0.1) is 0 Å². The minimum absolute atomic E-state index is 0.119. The molecule has 6 heteroatoms. The molecule has 3 rings (SSSR count). The predicted molar refractivity (Wildman–Crippen MR) is 102 cm³/mol. The van der Waals surface area contributed by atoms with E-state index in [9.17, 15) is 0 Å². The molecule has 0 radical (unpaired) electrons. The van der Waals surface area contributed by atoms with Crippen LogP contribution in [0.1, 0.15) is 57.8 Å². The van der Waals surface area contributed by atoms with Gasteiger partial charge in [0.2, 0.25) is 0 Å². The molecular formula is C19H33ClN4O. The normalized spacial score (nSPS) is 29.0. The van der Waals surface area contributed by atoms with Crippen molar-refractivity contribution in [2.45, 2.75) is 64.1 Å². The second kappa shape index (κ2) is 7.55. The highest BCUT2D eigenvalue weighted by Gasteiger charge is 2.46. The second-order valence-electron chi connectivity index (χ2n) is 8.77. The molecule has 1 N–H and O–H groups in total. The molecule has 1 aromatic heterocycles. The topological polar surface area (TPSA) is 42.3 Å². The number of hydrogen-bond acceptors (Lipinski definition) is 4. The molecule has 1 saturated heterocycles. The fourth-order valence-corrected chi connectivity index (χ4v) is 4.71. The molecule has 25 heavy (non-hydrogen) atoms. The molecule has 1 spiro atoms. The number of rotatable bonds is 6. The Morgan fingerprint density at radius 2 is 2.12 bits per heavy atom. The monoisotopic (exact) mass is 368 g/mol. The molecule has 1 aliphatic heterocycles. The molecule has 5 nitrogen and oxygen atoms in total. The van der Waals surface area contributed by atoms with E-state index in [4.69, 9.17) is 16.3 Å². The molecule has 142 valence electrons. The van der Waals surface area contributed by atoms with Crippen molar-refractivity contribution >= 4 is 11.6 Å². The van der Waals surface area contributed by atoms with Crippen LogP contribution in [-0.4, -0.2) is 53.8 Å². The van der Waals surface area contributed by atoms with Crippen molar-refractivity contribution in [3.8, 4) is 0 Å². The third-order valence-electron chi connectivity index (χ3n) is 5.76. The Morgan fingerprint density at radius 3 is 2.72 bits per heavy atom. The summed E-state index contributed by atoms with van der Waals surface area (Å²) in [6.45, 7) is 8.35. The molecule has 0 bridgehead atoms. The minimum Gasteiger partial charge on any atom is -0.374 e. The number of imidazole rings is 1. The van der Waals surface area contributed by atoms with Crippen molar-refractivity contribution in [2.24, 2.45) is 5.41 Å². The van der Waals surface area contributed by atoms with Gasteiger partial charge in [-0.1, -0.05) is 25.4 Å². The van der Waals surface area contributed by atoms with Crippen molar-refractivity contribution in [1.82, 2.24) is 19.8 Å². The number of nitrogens with zero attached hydrogens (tertiary/aromatic N) is 3. The van der Waals surface area contributed by atoms with E-state index in [2.05, 4.69) is 40.7 Å². The maximum absolute atomic E-state index is 6.26. The van der Waals surface area contributed by atoms with Crippen LogP contribution in [0.15, 0.2) is 6.20 Å². The van der Waals surface area contributed by atoms with Gasteiger partial charge in [0, 0.05) is 25.3 Å². The van der Waals surface area contributed by atoms with E-state index in [-0.39, 0.29) is 5.60 Å². The summed E-state index contributed by atoms with van der Waals surface area (Å²) in [6, 6.07) is 0.491. The van der Waals surface area contributed by atoms with Gasteiger partial charge in [0.1, 0.15) is 11.0 Å². The van der Waals surface area contributed by atoms with Crippen LogP contribution in [0.2, 0.25) is 5.15 Å². The highest BCUT2D eigenvalue weighted by molar-refractivity contribution is 6.29. The highest BCUT2D eigenvalue weighted by atomic mass is 35.5. The van der Waals surface area contributed by atoms with E-state index in [1.54, 1.807) is 0 Å². The van der Waals surface area contributed by atoms with Crippen LogP contribution in [0.25, 0.3) is 0 Å². The average molecular weight is 369 g/mol. The molecule has 2 fully saturated rings. The van der Waals surface area contributed by atoms with Crippen LogP contribution < -0.4 is 5.32 Å². The number of halogens is 1. The van der Waals surface area contributed by atoms with E-state index in [0.717, 1.165) is 57.7 Å². The fourth-order valence-electron chi connectivity index (χ4n) is 4.51. The van der Waals surface area contributed by atoms with Gasteiger partial charge < -0.3 is 14.6 Å². The number of likely N-dealkylation sites (N-methyl/N-ethyl adjacent to an activating group) is 2. The van der Waals surface area contributed by atoms with Crippen LogP contribution >= 0.6 is 11.6 Å². The predicted octanol–water partition coefficient (Wildman–Crippen LogP) is 3.49. The summed E-state index contributed by atoms with van der Waals surface area (Å²) in [4.78, 5) is 6.87. The van der Waals surface area contributed by atoms with E-state index < -0.39 is 0 Å². The van der Waals surface area contributed by atoms with Crippen molar-refractivity contribution in [3.63, 3.8) is 0 Å². The maximum atomic E-state index is 6.26. The molecule has 0 amide bonds. The Hall–Kier alpha value is -0.620. The smallest absolute Gasteiger partial charge is 0.147 e. The molecule has 0 aromatic carbocycles. The zero-order valence-corrected chi connectivity index (χ0v) is 16.9. The van der Waals surface area contributed by atoms with Crippen LogP contribution in [0.5, 0.6) is 0 Å². The van der Waals surface area contributed by atoms with Crippen LogP contribution in [0, 0.1) is 5.41 Å². The van der Waals surface area contributed by atoms with E-state index in [1.807, 2.05) is 13.2 Å². The van der Waals surface area contributed by atoms with E-state index in [1.165, 1.54) is 6.42 Å². The van der Waals surface area contributed by atoms with Gasteiger partial charge in [-0.25, -0.2) is 4.98 Å². The SMILES string of the molecule is CNCCN(C)Cc1nc(Cl)cn1[C@H]1CC[C@@]2(CC1)CC(C)(C)CO2. The summed E-state index contributed by atoms with van der Waals surface area (Å²) >= 11 is 6.24. The summed E-state index contributed by atoms with van der Waals surface area (Å²) in [5.74, 6) is 1.08. The van der Waals surface area contributed by atoms with Crippen LogP contribution in [-0.2, 0) is 11.3 Å². The lowest BCUT2D eigenvalue weighted by Crippen LogP contribution is -2.35. The lowest BCUT2D eigenvalue weighted by atomic mass is 9.75. The average Bonchev–Trinajstić information content (AvgIpc) is 3.06. The first-order valence-corrected chi connectivity index (χ1v) is 9.91. The second-order valence-corrected chi connectivity index (χ2v) is 9.16. The van der Waals surface area contributed by atoms with Gasteiger partial charge >= 0.3 is 0 Å². The summed E-state index contributed by atoms with van der Waals surface area (Å²) < 4.78 is 8.58. The van der Waals surface area contributed by atoms with Crippen molar-refractivity contribution in [2.75, 3.05) is 33.8 Å². The number of aromatic nitrogens is 2. The van der Waals surface area contributed by atoms with Gasteiger partial charge in [-0.3, -0.25) is 4.90 Å². The van der Waals surface area contributed by atoms with Gasteiger partial charge in [-0.05, 0) is 51.6 Å². The van der Waals surface area contributed by atoms with Gasteiger partial charge in [0.25, 0.3) is 0 Å². The first kappa shape index (κ1) is 19.2. The van der Waals surface area contributed by atoms with Gasteiger partial charge in [0.05, 0.1) is 18.8 Å². The number of nitrogens with one attached hydrogen (secondary N) is 1. The third kappa shape index (κ3) is 4.57. The highest BCUT2D eigenvalue weighted by Crippen LogP contribution is 2.49. The van der Waals surface area contributed by atoms with E-state index in [0.29, 0.717) is 16.6 Å². The van der Waals surface area contributed by atoms with E-state index >= 15 is 0 Å². The summed E-state index contributed by atoms with van der Waals surface area (Å²) in [7, 11) is 4.12. The lowest BCUT2D eigenvalue weighted by Gasteiger charge is -2.38. The number of ether oxygens (including phenoxy) is 1. The Morgan fingerprint density at radius 1 is 1.40 bits per heavy atom. The lowest BCUT2D eigenvalue weighted by molar-refractivity contribution is -0.0345. The zero-order valence-electron chi connectivity index (χ0n) is 16.1. The quantitative estimate of drug-likeness (QED) is 0.834. The summed E-state index contributed by atoms with van der Waals surface area (Å²) in [5, 5.41) is 3.80. The summed E-state index contributed by atoms with van der Waals surface area (Å²) in [5.41, 5.74) is 0.445.